The fraction of sp³-hybridized carbons (Fsp3) is 0.417. The molecule has 4 nitrogen and oxygen atoms in total. The highest BCUT2D eigenvalue weighted by molar-refractivity contribution is 9.10. The first kappa shape index (κ1) is 10.8. The van der Waals surface area contributed by atoms with Crippen LogP contribution in [0.4, 0.5) is 0 Å². The predicted octanol–water partition coefficient (Wildman–Crippen LogP) is 2.89. The third-order valence-corrected chi connectivity index (χ3v) is 4.21. The van der Waals surface area contributed by atoms with Gasteiger partial charge in [-0.25, -0.2) is 4.79 Å². The van der Waals surface area contributed by atoms with Gasteiger partial charge in [0.15, 0.2) is 11.5 Å². The number of fused-ring (bicyclic) bond motifs is 1. The number of halogens is 1. The van der Waals surface area contributed by atoms with E-state index in [0.717, 1.165) is 35.0 Å². The fourth-order valence-electron chi connectivity index (χ4n) is 2.34. The Morgan fingerprint density at radius 2 is 2.18 bits per heavy atom. The number of hydrogen-bond donors (Lipinski definition) is 0. The van der Waals surface area contributed by atoms with Gasteiger partial charge in [0.2, 0.25) is 12.9 Å². The van der Waals surface area contributed by atoms with Gasteiger partial charge in [-0.05, 0) is 46.8 Å². The summed E-state index contributed by atoms with van der Waals surface area (Å²) in [7, 11) is 0. The van der Waals surface area contributed by atoms with Gasteiger partial charge in [0.05, 0.1) is 10.0 Å². The smallest absolute Gasteiger partial charge is 0.235 e. The van der Waals surface area contributed by atoms with Crippen molar-refractivity contribution in [2.75, 3.05) is 6.79 Å². The van der Waals surface area contributed by atoms with Crippen LogP contribution in [0, 0.1) is 0 Å². The Kier molecular flexibility index (Phi) is 2.45. The molecule has 2 aliphatic rings. The number of ether oxygens (including phenoxy) is 2. The molecule has 5 heteroatoms. The van der Waals surface area contributed by atoms with Crippen molar-refractivity contribution >= 4 is 22.0 Å². The van der Waals surface area contributed by atoms with E-state index >= 15 is 0 Å². The van der Waals surface area contributed by atoms with Gasteiger partial charge in [0.1, 0.15) is 0 Å². The molecule has 0 spiro atoms. The summed E-state index contributed by atoms with van der Waals surface area (Å²) in [5.74, 6) is 1.43. The summed E-state index contributed by atoms with van der Waals surface area (Å²) in [4.78, 5) is 14.6. The van der Waals surface area contributed by atoms with Crippen LogP contribution in [0.5, 0.6) is 11.5 Å². The van der Waals surface area contributed by atoms with Crippen LogP contribution < -0.4 is 9.47 Å². The van der Waals surface area contributed by atoms with Crippen LogP contribution >= 0.6 is 15.9 Å². The third-order valence-electron chi connectivity index (χ3n) is 3.42. The van der Waals surface area contributed by atoms with Gasteiger partial charge in [0, 0.05) is 0 Å². The standard InChI is InChI=1S/C12H10BrNO3/c13-10-8(12(14-6-15)4-1-5-12)2-3-9-11(10)17-7-16-9/h2-3H,1,4-5,7H2. The first-order valence-electron chi connectivity index (χ1n) is 5.44. The number of nitrogens with zero attached hydrogens (tertiary/aromatic N) is 1. The summed E-state index contributed by atoms with van der Waals surface area (Å²) in [6.07, 6.45) is 4.51. The van der Waals surface area contributed by atoms with Crippen molar-refractivity contribution in [1.82, 2.24) is 0 Å². The molecule has 1 saturated carbocycles. The zero-order chi connectivity index (χ0) is 11.9. The van der Waals surface area contributed by atoms with Crippen molar-refractivity contribution in [3.63, 3.8) is 0 Å². The van der Waals surface area contributed by atoms with E-state index in [4.69, 9.17) is 9.47 Å². The molecule has 1 aliphatic heterocycles. The predicted molar refractivity (Wildman–Crippen MR) is 63.9 cm³/mol. The molecule has 17 heavy (non-hydrogen) atoms. The Labute approximate surface area is 107 Å². The van der Waals surface area contributed by atoms with Gasteiger partial charge in [-0.2, -0.15) is 4.99 Å². The topological polar surface area (TPSA) is 47.9 Å². The number of benzene rings is 1. The molecular formula is C12H10BrNO3. The average molecular weight is 296 g/mol. The molecule has 0 saturated heterocycles. The maximum Gasteiger partial charge on any atom is 0.235 e. The van der Waals surface area contributed by atoms with Crippen molar-refractivity contribution in [2.24, 2.45) is 4.99 Å². The molecule has 0 N–H and O–H groups in total. The SMILES string of the molecule is O=C=NC1(c2ccc3c(c2Br)OCO3)CCC1. The molecule has 0 amide bonds. The highest BCUT2D eigenvalue weighted by atomic mass is 79.9. The minimum absolute atomic E-state index is 0.237. The summed E-state index contributed by atoms with van der Waals surface area (Å²) in [6.45, 7) is 0.237. The monoisotopic (exact) mass is 295 g/mol. The number of carbonyl (C=O) groups excluding carboxylic acids is 1. The number of rotatable bonds is 2. The zero-order valence-electron chi connectivity index (χ0n) is 9.03. The summed E-state index contributed by atoms with van der Waals surface area (Å²) in [5, 5.41) is 0. The normalized spacial score (nSPS) is 19.4. The van der Waals surface area contributed by atoms with Crippen LogP contribution in [0.3, 0.4) is 0 Å². The molecule has 1 fully saturated rings. The quantitative estimate of drug-likeness (QED) is 0.623. The summed E-state index contributed by atoms with van der Waals surface area (Å²) in [5.41, 5.74) is 0.568. The van der Waals surface area contributed by atoms with E-state index in [-0.39, 0.29) is 6.79 Å². The number of aliphatic imine (C=N–C) groups is 1. The van der Waals surface area contributed by atoms with Crippen molar-refractivity contribution < 1.29 is 14.3 Å². The largest absolute Gasteiger partial charge is 0.454 e. The highest BCUT2D eigenvalue weighted by Crippen LogP contribution is 2.51. The first-order valence-corrected chi connectivity index (χ1v) is 6.24. The molecule has 0 atom stereocenters. The van der Waals surface area contributed by atoms with Crippen molar-refractivity contribution in [1.29, 1.82) is 0 Å². The lowest BCUT2D eigenvalue weighted by atomic mass is 9.72. The maximum absolute atomic E-state index is 10.6. The van der Waals surface area contributed by atoms with Gasteiger partial charge >= 0.3 is 0 Å². The lowest BCUT2D eigenvalue weighted by Gasteiger charge is -2.37. The van der Waals surface area contributed by atoms with Crippen molar-refractivity contribution in [3.05, 3.63) is 22.2 Å². The van der Waals surface area contributed by atoms with Crippen LogP contribution in [0.1, 0.15) is 24.8 Å². The minimum Gasteiger partial charge on any atom is -0.454 e. The molecule has 1 heterocycles. The minimum atomic E-state index is -0.415. The first-order chi connectivity index (χ1) is 8.27. The maximum atomic E-state index is 10.6. The molecule has 0 unspecified atom stereocenters. The van der Waals surface area contributed by atoms with E-state index in [1.807, 2.05) is 12.1 Å². The molecule has 0 radical (unpaired) electrons. The Bertz CT molecular complexity index is 519. The lowest BCUT2D eigenvalue weighted by Crippen LogP contribution is -2.32. The van der Waals surface area contributed by atoms with E-state index < -0.39 is 5.54 Å². The second-order valence-corrected chi connectivity index (χ2v) is 5.04. The molecule has 1 aromatic rings. The van der Waals surface area contributed by atoms with Gasteiger partial charge < -0.3 is 9.47 Å². The summed E-state index contributed by atoms with van der Waals surface area (Å²) in [6, 6.07) is 3.81. The number of isocyanates is 1. The van der Waals surface area contributed by atoms with Crippen LogP contribution in [0.2, 0.25) is 0 Å². The Morgan fingerprint density at radius 3 is 2.82 bits per heavy atom. The van der Waals surface area contributed by atoms with E-state index in [1.54, 1.807) is 6.08 Å². The van der Waals surface area contributed by atoms with Crippen LogP contribution in [0.15, 0.2) is 21.6 Å². The Hall–Kier alpha value is -1.32. The van der Waals surface area contributed by atoms with Crippen LogP contribution in [-0.2, 0) is 10.3 Å². The average Bonchev–Trinajstić information content (AvgIpc) is 2.74. The van der Waals surface area contributed by atoms with Crippen LogP contribution in [0.25, 0.3) is 0 Å². The van der Waals surface area contributed by atoms with Gasteiger partial charge in [0.25, 0.3) is 0 Å². The molecule has 0 aromatic heterocycles. The van der Waals surface area contributed by atoms with E-state index in [9.17, 15) is 4.79 Å². The van der Waals surface area contributed by atoms with Crippen molar-refractivity contribution in [2.45, 2.75) is 24.8 Å². The molecule has 88 valence electrons. The Morgan fingerprint density at radius 1 is 1.35 bits per heavy atom. The van der Waals surface area contributed by atoms with E-state index in [2.05, 4.69) is 20.9 Å². The van der Waals surface area contributed by atoms with E-state index in [1.165, 1.54) is 0 Å². The van der Waals surface area contributed by atoms with Crippen LogP contribution in [-0.4, -0.2) is 12.9 Å². The lowest BCUT2D eigenvalue weighted by molar-refractivity contribution is 0.173. The third kappa shape index (κ3) is 1.50. The molecule has 1 aliphatic carbocycles. The van der Waals surface area contributed by atoms with Gasteiger partial charge in [-0.15, -0.1) is 0 Å². The molecule has 0 bridgehead atoms. The van der Waals surface area contributed by atoms with Crippen molar-refractivity contribution in [3.8, 4) is 11.5 Å². The molecule has 3 rings (SSSR count). The second kappa shape index (κ2) is 3.86. The summed E-state index contributed by atoms with van der Waals surface area (Å²) < 4.78 is 11.5. The highest BCUT2D eigenvalue weighted by Gasteiger charge is 2.41. The molecule has 1 aromatic carbocycles. The zero-order valence-corrected chi connectivity index (χ0v) is 10.6. The number of hydrogen-bond acceptors (Lipinski definition) is 4. The second-order valence-electron chi connectivity index (χ2n) is 4.25. The molecular weight excluding hydrogens is 286 g/mol. The van der Waals surface area contributed by atoms with Gasteiger partial charge in [-0.1, -0.05) is 6.07 Å². The van der Waals surface area contributed by atoms with E-state index in [0.29, 0.717) is 5.75 Å². The van der Waals surface area contributed by atoms with Gasteiger partial charge in [-0.3, -0.25) is 0 Å². The Balaban J connectivity index is 2.12. The fourth-order valence-corrected chi connectivity index (χ4v) is 3.15. The summed E-state index contributed by atoms with van der Waals surface area (Å²) >= 11 is 3.52.